The van der Waals surface area contributed by atoms with Crippen LogP contribution in [0, 0.1) is 0 Å². The molecule has 0 spiro atoms. The molecule has 4 N–H and O–H groups in total. The fourth-order valence-electron chi connectivity index (χ4n) is 1.76. The maximum atomic E-state index is 11.6. The van der Waals surface area contributed by atoms with Crippen molar-refractivity contribution in [1.82, 2.24) is 15.5 Å². The average molecular weight is 214 g/mol. The Morgan fingerprint density at radius 3 is 2.80 bits per heavy atom. The average Bonchev–Trinajstić information content (AvgIpc) is 2.27. The zero-order valence-electron chi connectivity index (χ0n) is 9.12. The van der Waals surface area contributed by atoms with Gasteiger partial charge < -0.3 is 16.4 Å². The van der Waals surface area contributed by atoms with E-state index in [0.29, 0.717) is 13.1 Å². The van der Waals surface area contributed by atoms with Gasteiger partial charge in [0.1, 0.15) is 6.04 Å². The minimum Gasteiger partial charge on any atom is -0.368 e. The third-order valence-corrected chi connectivity index (χ3v) is 2.74. The minimum absolute atomic E-state index is 0.0877. The summed E-state index contributed by atoms with van der Waals surface area (Å²) in [4.78, 5) is 24.5. The van der Waals surface area contributed by atoms with Crippen molar-refractivity contribution in [1.29, 1.82) is 0 Å². The van der Waals surface area contributed by atoms with Crippen molar-refractivity contribution >= 4 is 11.8 Å². The summed E-state index contributed by atoms with van der Waals surface area (Å²) in [7, 11) is 1.59. The van der Waals surface area contributed by atoms with Crippen LogP contribution in [0.5, 0.6) is 0 Å². The normalized spacial score (nSPS) is 24.5. The highest BCUT2D eigenvalue weighted by Gasteiger charge is 2.33. The van der Waals surface area contributed by atoms with E-state index >= 15 is 0 Å². The first-order valence-electron chi connectivity index (χ1n) is 5.05. The summed E-state index contributed by atoms with van der Waals surface area (Å²) in [6.45, 7) is 3.70. The summed E-state index contributed by atoms with van der Waals surface area (Å²) in [6.07, 6.45) is 0. The number of hydrogen-bond acceptors (Lipinski definition) is 4. The van der Waals surface area contributed by atoms with E-state index < -0.39 is 11.9 Å². The van der Waals surface area contributed by atoms with Gasteiger partial charge in [0.25, 0.3) is 0 Å². The molecule has 0 radical (unpaired) electrons. The van der Waals surface area contributed by atoms with Crippen molar-refractivity contribution in [2.45, 2.75) is 19.0 Å². The molecule has 2 amide bonds. The van der Waals surface area contributed by atoms with Crippen molar-refractivity contribution < 1.29 is 9.59 Å². The number of nitrogens with one attached hydrogen (secondary N) is 2. The summed E-state index contributed by atoms with van der Waals surface area (Å²) < 4.78 is 0. The number of nitrogens with zero attached hydrogens (tertiary/aromatic N) is 1. The first-order valence-corrected chi connectivity index (χ1v) is 5.05. The zero-order valence-corrected chi connectivity index (χ0v) is 9.12. The molecule has 1 aliphatic rings. The fraction of sp³-hybridized carbons (Fsp3) is 0.778. The van der Waals surface area contributed by atoms with Gasteiger partial charge in [0.15, 0.2) is 0 Å². The molecular formula is C9H18N4O2. The van der Waals surface area contributed by atoms with Crippen LogP contribution in [-0.4, -0.2) is 55.5 Å². The number of carbonyl (C=O) groups is 2. The smallest absolute Gasteiger partial charge is 0.238 e. The Morgan fingerprint density at radius 2 is 2.27 bits per heavy atom. The van der Waals surface area contributed by atoms with Crippen LogP contribution in [0.15, 0.2) is 0 Å². The Balaban J connectivity index is 2.73. The standard InChI is InChI=1S/C9H18N4O2/c1-6(8(10)14)13-4-3-12-5-7(13)9(15)11-2/h6-7,12H,3-5H2,1-2H3,(H2,10,14)(H,11,15). The molecule has 15 heavy (non-hydrogen) atoms. The SMILES string of the molecule is CNC(=O)C1CNCCN1C(C)C(N)=O. The van der Waals surface area contributed by atoms with E-state index in [1.54, 1.807) is 14.0 Å². The van der Waals surface area contributed by atoms with E-state index in [0.717, 1.165) is 6.54 Å². The van der Waals surface area contributed by atoms with Crippen LogP contribution >= 0.6 is 0 Å². The number of nitrogens with two attached hydrogens (primary N) is 1. The number of hydrogen-bond donors (Lipinski definition) is 3. The molecule has 1 heterocycles. The zero-order chi connectivity index (χ0) is 11.4. The molecule has 0 saturated carbocycles. The first kappa shape index (κ1) is 11.9. The molecule has 86 valence electrons. The predicted molar refractivity (Wildman–Crippen MR) is 56.1 cm³/mol. The quantitative estimate of drug-likeness (QED) is 0.501. The molecule has 6 heteroatoms. The van der Waals surface area contributed by atoms with Gasteiger partial charge in [-0.2, -0.15) is 0 Å². The molecule has 1 rings (SSSR count). The molecule has 2 atom stereocenters. The number of primary amides is 1. The van der Waals surface area contributed by atoms with Crippen LogP contribution in [0.1, 0.15) is 6.92 Å². The van der Waals surface area contributed by atoms with Gasteiger partial charge >= 0.3 is 0 Å². The van der Waals surface area contributed by atoms with Crippen molar-refractivity contribution in [3.63, 3.8) is 0 Å². The van der Waals surface area contributed by atoms with Gasteiger partial charge in [0.05, 0.1) is 6.04 Å². The number of piperazine rings is 1. The minimum atomic E-state index is -0.408. The van der Waals surface area contributed by atoms with Gasteiger partial charge in [-0.15, -0.1) is 0 Å². The van der Waals surface area contributed by atoms with Gasteiger partial charge in [-0.3, -0.25) is 14.5 Å². The van der Waals surface area contributed by atoms with Crippen molar-refractivity contribution in [2.75, 3.05) is 26.7 Å². The van der Waals surface area contributed by atoms with Gasteiger partial charge in [-0.1, -0.05) is 0 Å². The molecule has 1 saturated heterocycles. The van der Waals surface area contributed by atoms with Gasteiger partial charge in [-0.25, -0.2) is 0 Å². The van der Waals surface area contributed by atoms with Crippen LogP contribution < -0.4 is 16.4 Å². The number of carbonyl (C=O) groups excluding carboxylic acids is 2. The summed E-state index contributed by atoms with van der Waals surface area (Å²) in [5.74, 6) is -0.485. The lowest BCUT2D eigenvalue weighted by molar-refractivity contribution is -0.131. The maximum Gasteiger partial charge on any atom is 0.238 e. The van der Waals surface area contributed by atoms with Crippen LogP contribution in [-0.2, 0) is 9.59 Å². The van der Waals surface area contributed by atoms with Crippen molar-refractivity contribution in [3.05, 3.63) is 0 Å². The highest BCUT2D eigenvalue weighted by atomic mass is 16.2. The number of likely N-dealkylation sites (N-methyl/N-ethyl adjacent to an activating group) is 1. The van der Waals surface area contributed by atoms with E-state index in [4.69, 9.17) is 5.73 Å². The van der Waals surface area contributed by atoms with Gasteiger partial charge in [0, 0.05) is 26.7 Å². The van der Waals surface area contributed by atoms with Crippen LogP contribution in [0.3, 0.4) is 0 Å². The Morgan fingerprint density at radius 1 is 1.60 bits per heavy atom. The molecule has 0 aromatic rings. The third kappa shape index (κ3) is 2.66. The second-order valence-corrected chi connectivity index (χ2v) is 3.65. The number of amides is 2. The lowest BCUT2D eigenvalue weighted by Gasteiger charge is -2.37. The molecule has 2 unspecified atom stereocenters. The van der Waals surface area contributed by atoms with Gasteiger partial charge in [0.2, 0.25) is 11.8 Å². The second-order valence-electron chi connectivity index (χ2n) is 3.65. The Kier molecular flexibility index (Phi) is 4.05. The maximum absolute atomic E-state index is 11.6. The monoisotopic (exact) mass is 214 g/mol. The second kappa shape index (κ2) is 5.09. The summed E-state index contributed by atoms with van der Waals surface area (Å²) >= 11 is 0. The predicted octanol–water partition coefficient (Wildman–Crippen LogP) is -2.12. The molecule has 0 bridgehead atoms. The van der Waals surface area contributed by atoms with Crippen LogP contribution in [0.25, 0.3) is 0 Å². The van der Waals surface area contributed by atoms with Crippen LogP contribution in [0.4, 0.5) is 0 Å². The lowest BCUT2D eigenvalue weighted by Crippen LogP contribution is -2.62. The molecule has 0 aliphatic carbocycles. The molecule has 0 aromatic heterocycles. The number of rotatable bonds is 3. The van der Waals surface area contributed by atoms with Crippen molar-refractivity contribution in [3.8, 4) is 0 Å². The van der Waals surface area contributed by atoms with E-state index in [1.165, 1.54) is 0 Å². The summed E-state index contributed by atoms with van der Waals surface area (Å²) in [5, 5.41) is 5.70. The first-order chi connectivity index (χ1) is 7.07. The van der Waals surface area contributed by atoms with E-state index in [2.05, 4.69) is 10.6 Å². The Labute approximate surface area is 89.2 Å². The van der Waals surface area contributed by atoms with Crippen LogP contribution in [0.2, 0.25) is 0 Å². The highest BCUT2D eigenvalue weighted by Crippen LogP contribution is 2.08. The highest BCUT2D eigenvalue weighted by molar-refractivity contribution is 5.84. The van der Waals surface area contributed by atoms with E-state index in [1.807, 2.05) is 4.90 Å². The molecule has 0 aromatic carbocycles. The van der Waals surface area contributed by atoms with E-state index in [-0.39, 0.29) is 11.9 Å². The summed E-state index contributed by atoms with van der Waals surface area (Å²) in [5.41, 5.74) is 5.24. The Hall–Kier alpha value is -1.14. The van der Waals surface area contributed by atoms with E-state index in [9.17, 15) is 9.59 Å². The molecule has 1 aliphatic heterocycles. The Bertz CT molecular complexity index is 256. The molecular weight excluding hydrogens is 196 g/mol. The topological polar surface area (TPSA) is 87.5 Å². The molecule has 6 nitrogen and oxygen atoms in total. The lowest BCUT2D eigenvalue weighted by atomic mass is 10.1. The summed E-state index contributed by atoms with van der Waals surface area (Å²) in [6, 6.07) is -0.722. The molecule has 1 fully saturated rings. The van der Waals surface area contributed by atoms with Crippen molar-refractivity contribution in [2.24, 2.45) is 5.73 Å². The van der Waals surface area contributed by atoms with Gasteiger partial charge in [-0.05, 0) is 6.92 Å². The fourth-order valence-corrected chi connectivity index (χ4v) is 1.76. The largest absolute Gasteiger partial charge is 0.368 e. The third-order valence-electron chi connectivity index (χ3n) is 2.74.